The molecule has 1 rings (SSSR count). The highest BCUT2D eigenvalue weighted by molar-refractivity contribution is 7.90. The molecule has 1 aromatic rings. The summed E-state index contributed by atoms with van der Waals surface area (Å²) in [5.74, 6) is 0.691. The SMILES string of the molecule is CCN(CC)S(=O)(=O)Nc1ccc(OC)cc1. The molecule has 0 radical (unpaired) electrons. The van der Waals surface area contributed by atoms with Crippen molar-refractivity contribution >= 4 is 15.9 Å². The standard InChI is InChI=1S/C11H18N2O3S/c1-4-13(5-2)17(14,15)12-10-6-8-11(16-3)9-7-10/h6-9,12H,4-5H2,1-3H3. The Balaban J connectivity index is 2.82. The van der Waals surface area contributed by atoms with Crippen LogP contribution in [0.3, 0.4) is 0 Å². The number of rotatable bonds is 6. The van der Waals surface area contributed by atoms with Crippen molar-refractivity contribution in [2.24, 2.45) is 0 Å². The van der Waals surface area contributed by atoms with Crippen LogP contribution in [0.2, 0.25) is 0 Å². The maximum Gasteiger partial charge on any atom is 0.301 e. The van der Waals surface area contributed by atoms with Crippen LogP contribution in [0.25, 0.3) is 0 Å². The molecule has 5 nitrogen and oxygen atoms in total. The van der Waals surface area contributed by atoms with Gasteiger partial charge in [0.25, 0.3) is 0 Å². The van der Waals surface area contributed by atoms with Crippen LogP contribution >= 0.6 is 0 Å². The first-order valence-electron chi connectivity index (χ1n) is 5.45. The summed E-state index contributed by atoms with van der Waals surface area (Å²) in [4.78, 5) is 0. The first-order chi connectivity index (χ1) is 8.03. The minimum absolute atomic E-state index is 0.446. The molecule has 0 fully saturated rings. The van der Waals surface area contributed by atoms with E-state index in [1.807, 2.05) is 0 Å². The largest absolute Gasteiger partial charge is 0.497 e. The summed E-state index contributed by atoms with van der Waals surface area (Å²) in [6.07, 6.45) is 0. The Morgan fingerprint density at radius 1 is 1.18 bits per heavy atom. The molecule has 0 unspecified atom stereocenters. The summed E-state index contributed by atoms with van der Waals surface area (Å²) in [6, 6.07) is 6.75. The molecule has 96 valence electrons. The van der Waals surface area contributed by atoms with E-state index in [1.54, 1.807) is 45.2 Å². The van der Waals surface area contributed by atoms with Gasteiger partial charge in [-0.25, -0.2) is 0 Å². The van der Waals surface area contributed by atoms with Crippen molar-refractivity contribution in [1.29, 1.82) is 0 Å². The lowest BCUT2D eigenvalue weighted by Gasteiger charge is -2.19. The molecular formula is C11H18N2O3S. The van der Waals surface area contributed by atoms with Gasteiger partial charge in [0.2, 0.25) is 0 Å². The number of methoxy groups -OCH3 is 1. The van der Waals surface area contributed by atoms with E-state index in [1.165, 1.54) is 4.31 Å². The Morgan fingerprint density at radius 3 is 2.12 bits per heavy atom. The van der Waals surface area contributed by atoms with Gasteiger partial charge in [0.05, 0.1) is 12.8 Å². The number of ether oxygens (including phenoxy) is 1. The fraction of sp³-hybridized carbons (Fsp3) is 0.455. The molecule has 0 saturated carbocycles. The highest BCUT2D eigenvalue weighted by Gasteiger charge is 2.17. The van der Waals surface area contributed by atoms with Gasteiger partial charge in [0, 0.05) is 13.1 Å². The summed E-state index contributed by atoms with van der Waals surface area (Å²) in [5, 5.41) is 0. The minimum atomic E-state index is -3.45. The van der Waals surface area contributed by atoms with Gasteiger partial charge in [0.15, 0.2) is 0 Å². The molecule has 0 aliphatic rings. The van der Waals surface area contributed by atoms with Crippen molar-refractivity contribution < 1.29 is 13.2 Å². The van der Waals surface area contributed by atoms with Crippen LogP contribution in [-0.2, 0) is 10.2 Å². The molecule has 0 aliphatic heterocycles. The number of benzene rings is 1. The van der Waals surface area contributed by atoms with Crippen LogP contribution in [0.1, 0.15) is 13.8 Å². The van der Waals surface area contributed by atoms with Crippen LogP contribution < -0.4 is 9.46 Å². The van der Waals surface area contributed by atoms with Crippen LogP contribution in [0.4, 0.5) is 5.69 Å². The van der Waals surface area contributed by atoms with Gasteiger partial charge in [-0.1, -0.05) is 13.8 Å². The molecule has 17 heavy (non-hydrogen) atoms. The predicted molar refractivity (Wildman–Crippen MR) is 68.5 cm³/mol. The topological polar surface area (TPSA) is 58.6 Å². The maximum absolute atomic E-state index is 11.9. The fourth-order valence-corrected chi connectivity index (χ4v) is 2.68. The van der Waals surface area contributed by atoms with Gasteiger partial charge in [0.1, 0.15) is 5.75 Å². The average molecular weight is 258 g/mol. The molecule has 0 amide bonds. The summed E-state index contributed by atoms with van der Waals surface area (Å²) < 4.78 is 32.7. The molecule has 0 saturated heterocycles. The van der Waals surface area contributed by atoms with Crippen molar-refractivity contribution in [1.82, 2.24) is 4.31 Å². The van der Waals surface area contributed by atoms with Gasteiger partial charge in [-0.3, -0.25) is 4.72 Å². The predicted octanol–water partition coefficient (Wildman–Crippen LogP) is 1.69. The van der Waals surface area contributed by atoms with Gasteiger partial charge < -0.3 is 4.74 Å². The van der Waals surface area contributed by atoms with Crippen molar-refractivity contribution in [3.63, 3.8) is 0 Å². The van der Waals surface area contributed by atoms with E-state index >= 15 is 0 Å². The van der Waals surface area contributed by atoms with Crippen molar-refractivity contribution in [3.05, 3.63) is 24.3 Å². The quantitative estimate of drug-likeness (QED) is 0.844. The Morgan fingerprint density at radius 2 is 1.71 bits per heavy atom. The van der Waals surface area contributed by atoms with Crippen LogP contribution in [0.15, 0.2) is 24.3 Å². The van der Waals surface area contributed by atoms with E-state index in [-0.39, 0.29) is 0 Å². The zero-order valence-corrected chi connectivity index (χ0v) is 11.1. The van der Waals surface area contributed by atoms with Crippen molar-refractivity contribution in [3.8, 4) is 5.75 Å². The van der Waals surface area contributed by atoms with Gasteiger partial charge >= 0.3 is 10.2 Å². The second-order valence-corrected chi connectivity index (χ2v) is 5.09. The second kappa shape index (κ2) is 5.88. The average Bonchev–Trinajstić information content (AvgIpc) is 2.30. The monoisotopic (exact) mass is 258 g/mol. The van der Waals surface area contributed by atoms with E-state index in [4.69, 9.17) is 4.74 Å². The lowest BCUT2D eigenvalue weighted by Crippen LogP contribution is -2.35. The Kier molecular flexibility index (Phi) is 4.77. The molecule has 0 atom stereocenters. The maximum atomic E-state index is 11.9. The fourth-order valence-electron chi connectivity index (χ4n) is 1.44. The Labute approximate surface area is 103 Å². The van der Waals surface area contributed by atoms with Crippen molar-refractivity contribution in [2.75, 3.05) is 24.9 Å². The third kappa shape index (κ3) is 3.61. The normalized spacial score (nSPS) is 11.5. The summed E-state index contributed by atoms with van der Waals surface area (Å²) in [6.45, 7) is 4.50. The Hall–Kier alpha value is -1.27. The molecule has 0 aliphatic carbocycles. The van der Waals surface area contributed by atoms with Crippen LogP contribution in [-0.4, -0.2) is 32.9 Å². The highest BCUT2D eigenvalue weighted by atomic mass is 32.2. The molecule has 0 aromatic heterocycles. The molecule has 0 heterocycles. The minimum Gasteiger partial charge on any atom is -0.497 e. The number of anilines is 1. The second-order valence-electron chi connectivity index (χ2n) is 3.42. The van der Waals surface area contributed by atoms with Gasteiger partial charge in [-0.2, -0.15) is 12.7 Å². The molecule has 6 heteroatoms. The van der Waals surface area contributed by atoms with E-state index < -0.39 is 10.2 Å². The summed E-state index contributed by atoms with van der Waals surface area (Å²) >= 11 is 0. The molecule has 0 bridgehead atoms. The number of nitrogens with zero attached hydrogens (tertiary/aromatic N) is 1. The third-order valence-corrected chi connectivity index (χ3v) is 4.07. The highest BCUT2D eigenvalue weighted by Crippen LogP contribution is 2.16. The number of nitrogens with one attached hydrogen (secondary N) is 1. The zero-order valence-electron chi connectivity index (χ0n) is 10.3. The molecular weight excluding hydrogens is 240 g/mol. The van der Waals surface area contributed by atoms with Crippen LogP contribution in [0.5, 0.6) is 5.75 Å². The smallest absolute Gasteiger partial charge is 0.301 e. The molecule has 1 N–H and O–H groups in total. The first-order valence-corrected chi connectivity index (χ1v) is 6.89. The first kappa shape index (κ1) is 13.8. The van der Waals surface area contributed by atoms with Crippen LogP contribution in [0, 0.1) is 0 Å². The summed E-state index contributed by atoms with van der Waals surface area (Å²) in [5.41, 5.74) is 0.526. The molecule has 1 aromatic carbocycles. The van der Waals surface area contributed by atoms with E-state index in [2.05, 4.69) is 4.72 Å². The number of hydrogen-bond acceptors (Lipinski definition) is 3. The zero-order chi connectivity index (χ0) is 12.9. The van der Waals surface area contributed by atoms with E-state index in [0.29, 0.717) is 24.5 Å². The number of hydrogen-bond donors (Lipinski definition) is 1. The van der Waals surface area contributed by atoms with Crippen molar-refractivity contribution in [2.45, 2.75) is 13.8 Å². The lowest BCUT2D eigenvalue weighted by atomic mass is 10.3. The van der Waals surface area contributed by atoms with Gasteiger partial charge in [-0.15, -0.1) is 0 Å². The lowest BCUT2D eigenvalue weighted by molar-refractivity contribution is 0.415. The Bertz CT molecular complexity index is 438. The van der Waals surface area contributed by atoms with E-state index in [9.17, 15) is 8.42 Å². The van der Waals surface area contributed by atoms with Gasteiger partial charge in [-0.05, 0) is 24.3 Å². The van der Waals surface area contributed by atoms with E-state index in [0.717, 1.165) is 0 Å². The summed E-state index contributed by atoms with van der Waals surface area (Å²) in [7, 11) is -1.89. The molecule has 0 spiro atoms. The third-order valence-electron chi connectivity index (χ3n) is 2.38.